The zero-order valence-electron chi connectivity index (χ0n) is 28.6. The summed E-state index contributed by atoms with van der Waals surface area (Å²) in [4.78, 5) is 27.1. The summed E-state index contributed by atoms with van der Waals surface area (Å²) in [6.07, 6.45) is 2.75. The summed E-state index contributed by atoms with van der Waals surface area (Å²) in [5, 5.41) is 10.6. The Hall–Kier alpha value is -3.09. The number of carbonyl (C=O) groups excluding carboxylic acids is 2. The van der Waals surface area contributed by atoms with Crippen molar-refractivity contribution in [3.05, 3.63) is 108 Å². The van der Waals surface area contributed by atoms with Gasteiger partial charge in [0, 0.05) is 11.2 Å². The van der Waals surface area contributed by atoms with Crippen molar-refractivity contribution in [2.75, 3.05) is 25.2 Å². The molecule has 0 radical (unpaired) electrons. The van der Waals surface area contributed by atoms with E-state index in [-0.39, 0.29) is 24.9 Å². The standard InChI is InChI=1S/C40H54O5S/c1-7-30(3)24-33(32-18-12-9-13-19-32)26-40(34-20-14-10-15-21-34,35-22-16-11-17-23-35)29-39(5,25-31(4)37(42)44-6)38(43)45-27-36(41)28-46-8-2/h9-23,30-31,33,36,41H,7-8,24-29H2,1-6H3. The Bertz CT molecular complexity index is 1280. The third kappa shape index (κ3) is 10.2. The van der Waals surface area contributed by atoms with Crippen LogP contribution in [0.2, 0.25) is 0 Å². The van der Waals surface area contributed by atoms with Crippen molar-refractivity contribution >= 4 is 23.7 Å². The third-order valence-corrected chi connectivity index (χ3v) is 10.4. The molecule has 5 nitrogen and oxygen atoms in total. The van der Waals surface area contributed by atoms with Gasteiger partial charge in [-0.2, -0.15) is 11.8 Å². The molecule has 3 rings (SSSR count). The van der Waals surface area contributed by atoms with E-state index in [1.165, 1.54) is 12.7 Å². The Balaban J connectivity index is 2.22. The van der Waals surface area contributed by atoms with Gasteiger partial charge in [0.25, 0.3) is 0 Å². The molecule has 6 heteroatoms. The second kappa shape index (κ2) is 18.3. The van der Waals surface area contributed by atoms with E-state index >= 15 is 0 Å². The molecule has 1 N–H and O–H groups in total. The van der Waals surface area contributed by atoms with Crippen molar-refractivity contribution in [1.29, 1.82) is 0 Å². The maximum atomic E-state index is 14.3. The number of thioether (sulfide) groups is 1. The Morgan fingerprint density at radius 3 is 1.89 bits per heavy atom. The molecule has 0 saturated carbocycles. The van der Waals surface area contributed by atoms with E-state index in [2.05, 4.69) is 92.7 Å². The lowest BCUT2D eigenvalue weighted by Crippen LogP contribution is -2.43. The van der Waals surface area contributed by atoms with Crippen molar-refractivity contribution in [1.82, 2.24) is 0 Å². The smallest absolute Gasteiger partial charge is 0.311 e. The molecule has 5 atom stereocenters. The minimum absolute atomic E-state index is 0.0850. The summed E-state index contributed by atoms with van der Waals surface area (Å²) in [7, 11) is 1.38. The van der Waals surface area contributed by atoms with Gasteiger partial charge >= 0.3 is 11.9 Å². The maximum Gasteiger partial charge on any atom is 0.311 e. The highest BCUT2D eigenvalue weighted by Crippen LogP contribution is 2.51. The van der Waals surface area contributed by atoms with Crippen LogP contribution < -0.4 is 0 Å². The minimum Gasteiger partial charge on any atom is -0.469 e. The van der Waals surface area contributed by atoms with Crippen LogP contribution in [0.1, 0.15) is 89.3 Å². The van der Waals surface area contributed by atoms with Gasteiger partial charge in [0.15, 0.2) is 0 Å². The summed E-state index contributed by atoms with van der Waals surface area (Å²) in [5.74, 6) is 0.786. The molecule has 0 bridgehead atoms. The number of esters is 2. The van der Waals surface area contributed by atoms with Crippen molar-refractivity contribution in [2.24, 2.45) is 17.3 Å². The molecular weight excluding hydrogens is 593 g/mol. The SMILES string of the molecule is CCSCC(O)COC(=O)C(C)(CC(C)C(=O)OC)CC(CC(CC(C)CC)c1ccccc1)(c1ccccc1)c1ccccc1. The summed E-state index contributed by atoms with van der Waals surface area (Å²) < 4.78 is 11.0. The number of rotatable bonds is 19. The maximum absolute atomic E-state index is 14.3. The van der Waals surface area contributed by atoms with Crippen LogP contribution in [0, 0.1) is 17.3 Å². The van der Waals surface area contributed by atoms with E-state index in [1.54, 1.807) is 11.8 Å². The summed E-state index contributed by atoms with van der Waals surface area (Å²) in [6, 6.07) is 31.7. The lowest BCUT2D eigenvalue weighted by molar-refractivity contribution is -0.161. The van der Waals surface area contributed by atoms with Crippen LogP contribution in [-0.2, 0) is 24.5 Å². The van der Waals surface area contributed by atoms with Crippen LogP contribution in [0.4, 0.5) is 0 Å². The Morgan fingerprint density at radius 1 is 0.848 bits per heavy atom. The van der Waals surface area contributed by atoms with Crippen molar-refractivity contribution in [2.45, 2.75) is 84.2 Å². The highest BCUT2D eigenvalue weighted by Gasteiger charge is 2.48. The quantitative estimate of drug-likeness (QED) is 0.131. The van der Waals surface area contributed by atoms with Crippen LogP contribution in [0.25, 0.3) is 0 Å². The Kier molecular flexibility index (Phi) is 14.9. The first-order valence-electron chi connectivity index (χ1n) is 16.7. The molecule has 0 aliphatic rings. The monoisotopic (exact) mass is 646 g/mol. The van der Waals surface area contributed by atoms with E-state index in [0.717, 1.165) is 36.1 Å². The van der Waals surface area contributed by atoms with Crippen LogP contribution in [-0.4, -0.2) is 48.4 Å². The van der Waals surface area contributed by atoms with Gasteiger partial charge in [-0.1, -0.05) is 125 Å². The molecule has 0 amide bonds. The fourth-order valence-electron chi connectivity index (χ4n) is 6.83. The molecule has 250 valence electrons. The van der Waals surface area contributed by atoms with E-state index in [0.29, 0.717) is 18.1 Å². The van der Waals surface area contributed by atoms with Gasteiger partial charge < -0.3 is 14.6 Å². The van der Waals surface area contributed by atoms with Crippen LogP contribution in [0.5, 0.6) is 0 Å². The normalized spacial score (nSPS) is 15.6. The first kappa shape index (κ1) is 37.4. The largest absolute Gasteiger partial charge is 0.469 e. The molecular formula is C40H54O5S. The first-order chi connectivity index (χ1) is 22.1. The second-order valence-electron chi connectivity index (χ2n) is 13.2. The molecule has 5 unspecified atom stereocenters. The molecule has 3 aromatic rings. The van der Waals surface area contributed by atoms with Crippen LogP contribution in [0.15, 0.2) is 91.0 Å². The Morgan fingerprint density at radius 2 is 1.39 bits per heavy atom. The summed E-state index contributed by atoms with van der Waals surface area (Å²) >= 11 is 1.61. The molecule has 0 aliphatic carbocycles. The summed E-state index contributed by atoms with van der Waals surface area (Å²) in [6.45, 7) is 10.2. The molecule has 0 saturated heterocycles. The third-order valence-electron chi connectivity index (χ3n) is 9.37. The van der Waals surface area contributed by atoms with Crippen molar-refractivity contribution < 1.29 is 24.2 Å². The van der Waals surface area contributed by atoms with E-state index in [9.17, 15) is 14.7 Å². The second-order valence-corrected chi connectivity index (χ2v) is 14.5. The highest BCUT2D eigenvalue weighted by molar-refractivity contribution is 7.99. The topological polar surface area (TPSA) is 72.8 Å². The minimum atomic E-state index is -1.07. The molecule has 0 aromatic heterocycles. The average molecular weight is 647 g/mol. The number of carbonyl (C=O) groups is 2. The zero-order chi connectivity index (χ0) is 33.6. The zero-order valence-corrected chi connectivity index (χ0v) is 29.4. The average Bonchev–Trinajstić information content (AvgIpc) is 3.09. The molecule has 0 heterocycles. The summed E-state index contributed by atoms with van der Waals surface area (Å²) in [5.41, 5.74) is 1.85. The molecule has 3 aromatic carbocycles. The lowest BCUT2D eigenvalue weighted by atomic mass is 9.59. The van der Waals surface area contributed by atoms with Gasteiger partial charge in [0.1, 0.15) is 6.61 Å². The van der Waals surface area contributed by atoms with Crippen LogP contribution in [0.3, 0.4) is 0 Å². The van der Waals surface area contributed by atoms with Gasteiger partial charge in [0.2, 0.25) is 0 Å². The van der Waals surface area contributed by atoms with Gasteiger partial charge in [0.05, 0.1) is 24.5 Å². The highest BCUT2D eigenvalue weighted by atomic mass is 32.2. The van der Waals surface area contributed by atoms with Gasteiger partial charge in [-0.3, -0.25) is 9.59 Å². The molecule has 0 fully saturated rings. The van der Waals surface area contributed by atoms with Gasteiger partial charge in [-0.25, -0.2) is 0 Å². The van der Waals surface area contributed by atoms with Gasteiger partial charge in [-0.05, 0) is 66.9 Å². The van der Waals surface area contributed by atoms with Crippen molar-refractivity contribution in [3.63, 3.8) is 0 Å². The lowest BCUT2D eigenvalue weighted by Gasteiger charge is -2.44. The van der Waals surface area contributed by atoms with E-state index < -0.39 is 28.8 Å². The number of hydrogen-bond donors (Lipinski definition) is 1. The Labute approximate surface area is 281 Å². The number of aliphatic hydroxyl groups excluding tert-OH is 1. The number of ether oxygens (including phenoxy) is 2. The molecule has 46 heavy (non-hydrogen) atoms. The van der Waals surface area contributed by atoms with Crippen molar-refractivity contribution in [3.8, 4) is 0 Å². The number of aliphatic hydroxyl groups is 1. The number of benzene rings is 3. The predicted molar refractivity (Wildman–Crippen MR) is 190 cm³/mol. The molecule has 0 spiro atoms. The van der Waals surface area contributed by atoms with Gasteiger partial charge in [-0.15, -0.1) is 0 Å². The van der Waals surface area contributed by atoms with E-state index in [4.69, 9.17) is 9.47 Å². The fourth-order valence-corrected chi connectivity index (χ4v) is 7.43. The number of hydrogen-bond acceptors (Lipinski definition) is 6. The number of methoxy groups -OCH3 is 1. The first-order valence-corrected chi connectivity index (χ1v) is 17.9. The molecule has 0 aliphatic heterocycles. The predicted octanol–water partition coefficient (Wildman–Crippen LogP) is 8.84. The fraction of sp³-hybridized carbons (Fsp3) is 0.500. The van der Waals surface area contributed by atoms with Crippen LogP contribution >= 0.6 is 11.8 Å². The van der Waals surface area contributed by atoms with E-state index in [1.807, 2.05) is 32.9 Å².